The van der Waals surface area contributed by atoms with E-state index in [1.165, 1.54) is 0 Å². The molecule has 1 aromatic carbocycles. The smallest absolute Gasteiger partial charge is 0.248 e. The molecule has 0 radical (unpaired) electrons. The highest BCUT2D eigenvalue weighted by Crippen LogP contribution is 2.03. The van der Waals surface area contributed by atoms with E-state index in [0.717, 1.165) is 5.56 Å². The Hall–Kier alpha value is -2.15. The number of rotatable bonds is 7. The molecule has 0 heterocycles. The molecule has 4 N–H and O–H groups in total. The summed E-state index contributed by atoms with van der Waals surface area (Å²) >= 11 is 0. The molecular formula is C12H18N4O3. The molecule has 1 aromatic rings. The highest BCUT2D eigenvalue weighted by molar-refractivity contribution is 5.81. The van der Waals surface area contributed by atoms with Gasteiger partial charge in [-0.1, -0.05) is 30.3 Å². The Balaban J connectivity index is 2.66. The Labute approximate surface area is 111 Å². The van der Waals surface area contributed by atoms with E-state index >= 15 is 0 Å². The van der Waals surface area contributed by atoms with Gasteiger partial charge in [0.05, 0.1) is 0 Å². The molecular weight excluding hydrogens is 248 g/mol. The lowest BCUT2D eigenvalue weighted by molar-refractivity contribution is -0.548. The molecule has 19 heavy (non-hydrogen) atoms. The van der Waals surface area contributed by atoms with Crippen molar-refractivity contribution in [2.24, 2.45) is 5.73 Å². The third-order valence-corrected chi connectivity index (χ3v) is 2.46. The number of hydrogen-bond acceptors (Lipinski definition) is 4. The van der Waals surface area contributed by atoms with Crippen molar-refractivity contribution in [2.75, 3.05) is 6.54 Å². The molecule has 7 nitrogen and oxygen atoms in total. The molecule has 0 bridgehead atoms. The van der Waals surface area contributed by atoms with E-state index < -0.39 is 17.0 Å². The number of nitrogens with two attached hydrogens (primary N) is 1. The lowest BCUT2D eigenvalue weighted by atomic mass is 10.1. The molecule has 0 fully saturated rings. The molecule has 1 amide bonds. The number of nitrogens with zero attached hydrogens (tertiary/aromatic N) is 1. The first-order valence-corrected chi connectivity index (χ1v) is 5.97. The van der Waals surface area contributed by atoms with Crippen molar-refractivity contribution < 1.29 is 9.83 Å². The Bertz CT molecular complexity index is 422. The first-order valence-electron chi connectivity index (χ1n) is 5.97. The largest absolute Gasteiger partial charge is 0.353 e. The fraction of sp³-hybridized carbons (Fsp3) is 0.417. The third kappa shape index (κ3) is 5.82. The maximum Gasteiger partial charge on any atom is 0.248 e. The van der Waals surface area contributed by atoms with Crippen LogP contribution in [0.3, 0.4) is 0 Å². The quantitative estimate of drug-likeness (QED) is 0.469. The maximum absolute atomic E-state index is 11.9. The summed E-state index contributed by atoms with van der Waals surface area (Å²) in [6.07, 6.45) is 0.243. The van der Waals surface area contributed by atoms with Gasteiger partial charge in [-0.05, 0) is 12.5 Å². The normalized spacial score (nSPS) is 13.4. The van der Waals surface area contributed by atoms with Gasteiger partial charge in [-0.25, -0.2) is 10.1 Å². The molecule has 0 aromatic heterocycles. The molecule has 0 spiro atoms. The fourth-order valence-electron chi connectivity index (χ4n) is 1.56. The van der Waals surface area contributed by atoms with E-state index in [1.807, 2.05) is 35.8 Å². The van der Waals surface area contributed by atoms with Crippen molar-refractivity contribution in [2.45, 2.75) is 25.4 Å². The van der Waals surface area contributed by atoms with Gasteiger partial charge in [-0.15, -0.1) is 5.43 Å². The number of hydrogen-bond donors (Lipinski definition) is 3. The van der Waals surface area contributed by atoms with Crippen LogP contribution in [0.15, 0.2) is 30.3 Å². The van der Waals surface area contributed by atoms with Crippen molar-refractivity contribution >= 4 is 5.91 Å². The third-order valence-electron chi connectivity index (χ3n) is 2.46. The monoisotopic (exact) mass is 266 g/mol. The second kappa shape index (κ2) is 7.32. The molecule has 7 heteroatoms. The van der Waals surface area contributed by atoms with Gasteiger partial charge in [0.25, 0.3) is 0 Å². The average molecular weight is 266 g/mol. The van der Waals surface area contributed by atoms with Crippen LogP contribution in [-0.4, -0.2) is 29.6 Å². The van der Waals surface area contributed by atoms with Gasteiger partial charge < -0.3 is 11.1 Å². The number of carbonyl (C=O) groups is 1. The van der Waals surface area contributed by atoms with Gasteiger partial charge in [0.1, 0.15) is 0 Å². The fourth-order valence-corrected chi connectivity index (χ4v) is 1.56. The zero-order valence-electron chi connectivity index (χ0n) is 10.7. The van der Waals surface area contributed by atoms with Crippen LogP contribution < -0.4 is 16.5 Å². The summed E-state index contributed by atoms with van der Waals surface area (Å²) in [5, 5.41) is 12.4. The first-order chi connectivity index (χ1) is 8.99. The summed E-state index contributed by atoms with van der Waals surface area (Å²) in [6, 6.07) is 7.99. The van der Waals surface area contributed by atoms with Gasteiger partial charge in [0.15, 0.2) is 11.1 Å². The molecule has 1 rings (SSSR count). The van der Waals surface area contributed by atoms with Gasteiger partial charge >= 0.3 is 0 Å². The second-order valence-electron chi connectivity index (χ2n) is 4.35. The lowest BCUT2D eigenvalue weighted by Gasteiger charge is -2.15. The summed E-state index contributed by atoms with van der Waals surface area (Å²) in [4.78, 5) is 22.4. The minimum atomic E-state index is -0.920. The Morgan fingerprint density at radius 3 is 2.58 bits per heavy atom. The van der Waals surface area contributed by atoms with Crippen LogP contribution in [0, 0.1) is 10.1 Å². The van der Waals surface area contributed by atoms with Gasteiger partial charge in [-0.3, -0.25) is 4.79 Å². The molecule has 0 saturated heterocycles. The summed E-state index contributed by atoms with van der Waals surface area (Å²) in [5.74, 6) is -0.433. The van der Waals surface area contributed by atoms with Crippen LogP contribution in [-0.2, 0) is 11.2 Å². The van der Waals surface area contributed by atoms with E-state index in [-0.39, 0.29) is 19.0 Å². The summed E-state index contributed by atoms with van der Waals surface area (Å²) in [6.45, 7) is 2.02. The van der Waals surface area contributed by atoms with Crippen molar-refractivity contribution in [1.29, 1.82) is 0 Å². The Morgan fingerprint density at radius 1 is 1.42 bits per heavy atom. The SMILES string of the molecule is CC(N)CNC(=O)C(Cc1ccccc1)N[N+](=O)[O-]. The molecule has 2 unspecified atom stereocenters. The second-order valence-corrected chi connectivity index (χ2v) is 4.35. The minimum Gasteiger partial charge on any atom is -0.353 e. The van der Waals surface area contributed by atoms with Gasteiger partial charge in [0, 0.05) is 19.0 Å². The van der Waals surface area contributed by atoms with Crippen molar-refractivity contribution in [3.63, 3.8) is 0 Å². The molecule has 2 atom stereocenters. The number of carbonyl (C=O) groups excluding carboxylic acids is 1. The number of nitrogens with one attached hydrogen (secondary N) is 2. The number of nitro groups is 1. The Morgan fingerprint density at radius 2 is 2.05 bits per heavy atom. The van der Waals surface area contributed by atoms with E-state index in [0.29, 0.717) is 0 Å². The van der Waals surface area contributed by atoms with E-state index in [9.17, 15) is 14.9 Å². The van der Waals surface area contributed by atoms with Crippen LogP contribution in [0.25, 0.3) is 0 Å². The van der Waals surface area contributed by atoms with Crippen molar-refractivity contribution in [1.82, 2.24) is 10.7 Å². The maximum atomic E-state index is 11.9. The van der Waals surface area contributed by atoms with Crippen LogP contribution in [0.2, 0.25) is 0 Å². The molecule has 0 aliphatic carbocycles. The zero-order chi connectivity index (χ0) is 14.3. The topological polar surface area (TPSA) is 110 Å². The predicted octanol–water partition coefficient (Wildman–Crippen LogP) is -0.158. The summed E-state index contributed by atoms with van der Waals surface area (Å²) in [7, 11) is 0. The van der Waals surface area contributed by atoms with Crippen molar-refractivity contribution in [3.05, 3.63) is 46.0 Å². The average Bonchev–Trinajstić information content (AvgIpc) is 2.36. The van der Waals surface area contributed by atoms with Crippen LogP contribution in [0.4, 0.5) is 0 Å². The Kier molecular flexibility index (Phi) is 5.74. The standard InChI is InChI=1S/C12H18N4O3/c1-9(13)8-14-12(17)11(15-16(18)19)7-10-5-3-2-4-6-10/h2-6,9,11,15H,7-8,13H2,1H3,(H,14,17). The van der Waals surface area contributed by atoms with Crippen LogP contribution >= 0.6 is 0 Å². The first kappa shape index (κ1) is 14.9. The minimum absolute atomic E-state index is 0.197. The van der Waals surface area contributed by atoms with Gasteiger partial charge in [-0.2, -0.15) is 0 Å². The van der Waals surface area contributed by atoms with Crippen LogP contribution in [0.1, 0.15) is 12.5 Å². The molecule has 104 valence electrons. The summed E-state index contributed by atoms with van der Waals surface area (Å²) in [5.41, 5.74) is 8.39. The molecule has 0 aliphatic heterocycles. The number of amides is 1. The van der Waals surface area contributed by atoms with E-state index in [4.69, 9.17) is 5.73 Å². The number of benzene rings is 1. The highest BCUT2D eigenvalue weighted by atomic mass is 16.7. The van der Waals surface area contributed by atoms with E-state index in [1.54, 1.807) is 6.92 Å². The zero-order valence-corrected chi connectivity index (χ0v) is 10.7. The van der Waals surface area contributed by atoms with Crippen molar-refractivity contribution in [3.8, 4) is 0 Å². The lowest BCUT2D eigenvalue weighted by Crippen LogP contribution is -2.49. The predicted molar refractivity (Wildman–Crippen MR) is 70.7 cm³/mol. The van der Waals surface area contributed by atoms with Crippen LogP contribution in [0.5, 0.6) is 0 Å². The van der Waals surface area contributed by atoms with Gasteiger partial charge in [0.2, 0.25) is 5.91 Å². The number of hydrazine groups is 1. The van der Waals surface area contributed by atoms with E-state index in [2.05, 4.69) is 5.32 Å². The highest BCUT2D eigenvalue weighted by Gasteiger charge is 2.23. The summed E-state index contributed by atoms with van der Waals surface area (Å²) < 4.78 is 0. The molecule has 0 saturated carbocycles. The molecule has 0 aliphatic rings.